The van der Waals surface area contributed by atoms with E-state index < -0.39 is 12.2 Å². The third-order valence-corrected chi connectivity index (χ3v) is 6.88. The fraction of sp³-hybridized carbons (Fsp3) is 0.462. The van der Waals surface area contributed by atoms with Crippen molar-refractivity contribution in [2.24, 2.45) is 22.7 Å². The molecule has 2 aromatic carbocycles. The summed E-state index contributed by atoms with van der Waals surface area (Å²) in [5, 5.41) is 0. The van der Waals surface area contributed by atoms with Gasteiger partial charge >= 0.3 is 11.9 Å². The van der Waals surface area contributed by atoms with Crippen molar-refractivity contribution in [1.29, 1.82) is 0 Å². The summed E-state index contributed by atoms with van der Waals surface area (Å²) in [5.41, 5.74) is 1.02. The molecular formula is C26H30O4. The Kier molecular flexibility index (Phi) is 5.21. The van der Waals surface area contributed by atoms with Gasteiger partial charge in [-0.2, -0.15) is 0 Å². The minimum Gasteiger partial charge on any atom is -0.455 e. The molecule has 0 saturated heterocycles. The molecule has 0 radical (unpaired) electrons. The van der Waals surface area contributed by atoms with Gasteiger partial charge in [0, 0.05) is 11.8 Å². The quantitative estimate of drug-likeness (QED) is 0.627. The van der Waals surface area contributed by atoms with E-state index in [0.29, 0.717) is 11.1 Å². The highest BCUT2D eigenvalue weighted by molar-refractivity contribution is 5.90. The summed E-state index contributed by atoms with van der Waals surface area (Å²) in [6.07, 6.45) is 1.000. The van der Waals surface area contributed by atoms with Crippen LogP contribution in [0.2, 0.25) is 0 Å². The van der Waals surface area contributed by atoms with Crippen LogP contribution in [0, 0.1) is 22.7 Å². The van der Waals surface area contributed by atoms with Crippen LogP contribution in [0.3, 0.4) is 0 Å². The van der Waals surface area contributed by atoms with Crippen molar-refractivity contribution in [3.8, 4) is 0 Å². The molecule has 3 aliphatic carbocycles. The van der Waals surface area contributed by atoms with Crippen molar-refractivity contribution in [3.05, 3.63) is 71.8 Å². The summed E-state index contributed by atoms with van der Waals surface area (Å²) in [6.45, 7) is 8.96. The Hall–Kier alpha value is -2.62. The lowest BCUT2D eigenvalue weighted by atomic mass is 9.46. The first kappa shape index (κ1) is 20.6. The molecule has 3 fully saturated rings. The van der Waals surface area contributed by atoms with Crippen molar-refractivity contribution in [2.45, 2.75) is 52.7 Å². The van der Waals surface area contributed by atoms with Crippen molar-refractivity contribution < 1.29 is 19.1 Å². The number of hydrogen-bond acceptors (Lipinski definition) is 4. The van der Waals surface area contributed by atoms with Gasteiger partial charge < -0.3 is 9.47 Å². The van der Waals surface area contributed by atoms with E-state index in [1.807, 2.05) is 36.4 Å². The molecule has 3 aliphatic rings. The Bertz CT molecular complexity index is 899. The molecule has 0 amide bonds. The SMILES string of the molecule is CC1(C)CC2CC(C)(C)C1C(OC(=O)c1ccccc1)C2OC(=O)c1ccccc1. The smallest absolute Gasteiger partial charge is 0.338 e. The first-order chi connectivity index (χ1) is 14.2. The van der Waals surface area contributed by atoms with Gasteiger partial charge in [-0.05, 0) is 47.9 Å². The average molecular weight is 407 g/mol. The number of hydrogen-bond donors (Lipinski definition) is 0. The molecule has 2 aromatic rings. The van der Waals surface area contributed by atoms with Gasteiger partial charge in [0.15, 0.2) is 0 Å². The van der Waals surface area contributed by atoms with Gasteiger partial charge in [-0.25, -0.2) is 9.59 Å². The van der Waals surface area contributed by atoms with Gasteiger partial charge in [-0.1, -0.05) is 64.1 Å². The van der Waals surface area contributed by atoms with Crippen LogP contribution >= 0.6 is 0 Å². The van der Waals surface area contributed by atoms with Crippen LogP contribution < -0.4 is 0 Å². The van der Waals surface area contributed by atoms with Crippen LogP contribution in [0.5, 0.6) is 0 Å². The predicted octanol–water partition coefficient (Wildman–Crippen LogP) is 5.53. The maximum absolute atomic E-state index is 12.9. The van der Waals surface area contributed by atoms with E-state index in [1.165, 1.54) is 0 Å². The molecule has 30 heavy (non-hydrogen) atoms. The maximum Gasteiger partial charge on any atom is 0.338 e. The molecule has 0 spiro atoms. The number of rotatable bonds is 4. The molecule has 0 N–H and O–H groups in total. The predicted molar refractivity (Wildman–Crippen MR) is 115 cm³/mol. The normalized spacial score (nSPS) is 28.5. The molecule has 0 heterocycles. The molecule has 2 bridgehead atoms. The first-order valence-corrected chi connectivity index (χ1v) is 10.7. The molecule has 3 saturated carbocycles. The third-order valence-electron chi connectivity index (χ3n) is 6.88. The summed E-state index contributed by atoms with van der Waals surface area (Å²) < 4.78 is 12.1. The number of fused-ring (bicyclic) bond motifs is 3. The molecular weight excluding hydrogens is 376 g/mol. The van der Waals surface area contributed by atoms with E-state index >= 15 is 0 Å². The van der Waals surface area contributed by atoms with E-state index in [2.05, 4.69) is 27.7 Å². The second kappa shape index (κ2) is 7.57. The Labute approximate surface area is 178 Å². The molecule has 5 rings (SSSR count). The van der Waals surface area contributed by atoms with E-state index in [-0.39, 0.29) is 34.6 Å². The highest BCUT2D eigenvalue weighted by Crippen LogP contribution is 2.61. The van der Waals surface area contributed by atoms with E-state index in [9.17, 15) is 9.59 Å². The topological polar surface area (TPSA) is 52.6 Å². The second-order valence-electron chi connectivity index (χ2n) is 10.1. The van der Waals surface area contributed by atoms with Crippen molar-refractivity contribution in [2.75, 3.05) is 0 Å². The zero-order valence-electron chi connectivity index (χ0n) is 18.1. The lowest BCUT2D eigenvalue weighted by Crippen LogP contribution is -2.64. The number of ether oxygens (including phenoxy) is 2. The standard InChI is InChI=1S/C26H30O4/c1-25(2)15-19-16-26(3,4)22(25)21(30-24(28)18-13-9-6-10-14-18)20(19)29-23(27)17-11-7-5-8-12-17/h5-14,19-22H,15-16H2,1-4H3. The first-order valence-electron chi connectivity index (χ1n) is 10.7. The molecule has 4 nitrogen and oxygen atoms in total. The van der Waals surface area contributed by atoms with Gasteiger partial charge in [0.05, 0.1) is 11.1 Å². The number of carbonyl (C=O) groups is 2. The third kappa shape index (κ3) is 3.76. The number of carbonyl (C=O) groups excluding carboxylic acids is 2. The van der Waals surface area contributed by atoms with E-state index in [1.54, 1.807) is 24.3 Å². The Morgan fingerprint density at radius 2 is 1.10 bits per heavy atom. The summed E-state index contributed by atoms with van der Waals surface area (Å²) in [7, 11) is 0. The molecule has 4 heteroatoms. The summed E-state index contributed by atoms with van der Waals surface area (Å²) in [4.78, 5) is 25.8. The highest BCUT2D eigenvalue weighted by Gasteiger charge is 2.62. The zero-order chi connectivity index (χ0) is 21.5. The lowest BCUT2D eigenvalue weighted by Gasteiger charge is -2.61. The van der Waals surface area contributed by atoms with Gasteiger partial charge in [0.2, 0.25) is 0 Å². The molecule has 158 valence electrons. The van der Waals surface area contributed by atoms with Gasteiger partial charge in [0.25, 0.3) is 0 Å². The minimum atomic E-state index is -0.470. The van der Waals surface area contributed by atoms with Crippen LogP contribution in [0.1, 0.15) is 61.3 Å². The molecule has 2 atom stereocenters. The van der Waals surface area contributed by atoms with Gasteiger partial charge in [-0.3, -0.25) is 0 Å². The van der Waals surface area contributed by atoms with Crippen molar-refractivity contribution >= 4 is 11.9 Å². The van der Waals surface area contributed by atoms with Crippen molar-refractivity contribution in [3.63, 3.8) is 0 Å². The summed E-state index contributed by atoms with van der Waals surface area (Å²) in [5.74, 6) is -0.470. The summed E-state index contributed by atoms with van der Waals surface area (Å²) >= 11 is 0. The zero-order valence-corrected chi connectivity index (χ0v) is 18.1. The Morgan fingerprint density at radius 1 is 0.700 bits per heavy atom. The van der Waals surface area contributed by atoms with Gasteiger partial charge in [-0.15, -0.1) is 0 Å². The van der Waals surface area contributed by atoms with E-state index in [0.717, 1.165) is 12.8 Å². The van der Waals surface area contributed by atoms with Crippen LogP contribution in [0.4, 0.5) is 0 Å². The monoisotopic (exact) mass is 406 g/mol. The molecule has 0 aliphatic heterocycles. The Balaban J connectivity index is 1.65. The average Bonchev–Trinajstić information content (AvgIpc) is 2.70. The second-order valence-corrected chi connectivity index (χ2v) is 10.1. The molecule has 2 unspecified atom stereocenters. The maximum atomic E-state index is 12.9. The van der Waals surface area contributed by atoms with Crippen molar-refractivity contribution in [1.82, 2.24) is 0 Å². The Morgan fingerprint density at radius 3 is 1.53 bits per heavy atom. The number of benzene rings is 2. The number of esters is 2. The van der Waals surface area contributed by atoms with Crippen LogP contribution in [-0.4, -0.2) is 24.1 Å². The summed E-state index contributed by atoms with van der Waals surface area (Å²) in [6, 6.07) is 18.0. The van der Waals surface area contributed by atoms with Crippen LogP contribution in [0.25, 0.3) is 0 Å². The molecule has 0 aromatic heterocycles. The fourth-order valence-electron chi connectivity index (χ4n) is 6.15. The lowest BCUT2D eigenvalue weighted by molar-refractivity contribution is -0.208. The largest absolute Gasteiger partial charge is 0.455 e. The van der Waals surface area contributed by atoms with Crippen LogP contribution in [0.15, 0.2) is 60.7 Å². The van der Waals surface area contributed by atoms with Gasteiger partial charge in [0.1, 0.15) is 12.2 Å². The van der Waals surface area contributed by atoms with E-state index in [4.69, 9.17) is 9.47 Å². The minimum absolute atomic E-state index is 0.0102. The van der Waals surface area contributed by atoms with Crippen LogP contribution in [-0.2, 0) is 9.47 Å². The fourth-order valence-corrected chi connectivity index (χ4v) is 6.15. The highest BCUT2D eigenvalue weighted by atomic mass is 16.6.